The van der Waals surface area contributed by atoms with Crippen LogP contribution in [-0.4, -0.2) is 51.7 Å². The first kappa shape index (κ1) is 22.6. The Morgan fingerprint density at radius 3 is 0.957 bits per heavy atom. The number of halogens is 12. The minimum Gasteiger partial charge on any atom is -0.462 e. The van der Waals surface area contributed by atoms with Crippen molar-refractivity contribution >= 4 is 14.8 Å². The molecule has 2 nitrogen and oxygen atoms in total. The Hall–Kier alpha value is -0.388. The largest absolute Gasteiger partial charge is 0.675 e. The molecule has 0 fully saturated rings. The second kappa shape index (κ2) is 7.24. The highest BCUT2D eigenvalue weighted by Crippen LogP contribution is 2.39. The molecule has 0 saturated heterocycles. The van der Waals surface area contributed by atoms with Crippen molar-refractivity contribution in [2.24, 2.45) is 0 Å². The van der Waals surface area contributed by atoms with Gasteiger partial charge in [-0.3, -0.25) is 0 Å². The van der Waals surface area contributed by atoms with Crippen molar-refractivity contribution in [1.29, 1.82) is 0 Å². The quantitative estimate of drug-likeness (QED) is 0.508. The summed E-state index contributed by atoms with van der Waals surface area (Å²) in [5.41, 5.74) is 0. The number of rotatable bonds is 5. The third kappa shape index (κ3) is 7.36. The summed E-state index contributed by atoms with van der Waals surface area (Å²) in [6, 6.07) is 0. The van der Waals surface area contributed by atoms with Crippen LogP contribution in [0.1, 0.15) is 6.92 Å². The van der Waals surface area contributed by atoms with Gasteiger partial charge in [-0.1, -0.05) is 6.92 Å². The summed E-state index contributed by atoms with van der Waals surface area (Å²) in [6.07, 6.45) is -33.4. The average Bonchev–Trinajstić information content (AvgIpc) is 2.21. The summed E-state index contributed by atoms with van der Waals surface area (Å²) < 4.78 is 153. The standard InChI is InChI=1S/2C3HF6O.C2H5.Al/c2*4-2(5,6)1(10)3(7,8)9;1-2;/h2*1H;1H2,2H3;/q2*-1;;+2. The molecule has 15 heteroatoms. The van der Waals surface area contributed by atoms with Gasteiger partial charge in [-0.25, -0.2) is 0 Å². The number of hydrogen-bond donors (Lipinski definition) is 0. The van der Waals surface area contributed by atoms with Crippen molar-refractivity contribution in [3.05, 3.63) is 0 Å². The van der Waals surface area contributed by atoms with Gasteiger partial charge in [0.05, 0.1) is 0 Å². The fourth-order valence-corrected chi connectivity index (χ4v) is 2.88. The Morgan fingerprint density at radius 1 is 0.609 bits per heavy atom. The summed E-state index contributed by atoms with van der Waals surface area (Å²) in [7, 11) is 0. The Morgan fingerprint density at radius 2 is 0.826 bits per heavy atom. The molecule has 0 heterocycles. The topological polar surface area (TPSA) is 18.5 Å². The highest BCUT2D eigenvalue weighted by molar-refractivity contribution is 6.44. The van der Waals surface area contributed by atoms with Gasteiger partial charge in [0.1, 0.15) is 0 Å². The molecule has 0 aliphatic rings. The van der Waals surface area contributed by atoms with Gasteiger partial charge < -0.3 is 7.58 Å². The van der Waals surface area contributed by atoms with Crippen LogP contribution in [0.5, 0.6) is 0 Å². The Bertz CT molecular complexity index is 307. The second-order valence-electron chi connectivity index (χ2n) is 4.04. The lowest BCUT2D eigenvalue weighted by molar-refractivity contribution is -0.318. The summed E-state index contributed by atoms with van der Waals surface area (Å²) in [6.45, 7) is 0.741. The Balaban J connectivity index is 5.36. The van der Waals surface area contributed by atoms with Crippen molar-refractivity contribution in [1.82, 2.24) is 0 Å². The van der Waals surface area contributed by atoms with E-state index in [-0.39, 0.29) is 0 Å². The highest BCUT2D eigenvalue weighted by atomic mass is 27.2. The highest BCUT2D eigenvalue weighted by Gasteiger charge is 2.62. The molecule has 0 saturated carbocycles. The maximum absolute atomic E-state index is 12.2. The van der Waals surface area contributed by atoms with Gasteiger partial charge in [0.15, 0.2) is 0 Å². The molecule has 0 radical (unpaired) electrons. The van der Waals surface area contributed by atoms with Crippen molar-refractivity contribution in [3.63, 3.8) is 0 Å². The second-order valence-corrected chi connectivity index (χ2v) is 6.26. The molecule has 0 rings (SSSR count). The van der Waals surface area contributed by atoms with Gasteiger partial charge in [-0.05, 0) is 5.28 Å². The van der Waals surface area contributed by atoms with Crippen LogP contribution in [0, 0.1) is 0 Å². The van der Waals surface area contributed by atoms with Gasteiger partial charge >= 0.3 is 39.5 Å². The third-order valence-electron chi connectivity index (χ3n) is 2.10. The summed E-state index contributed by atoms with van der Waals surface area (Å²) in [4.78, 5) is 0. The van der Waals surface area contributed by atoms with Crippen molar-refractivity contribution in [2.45, 2.75) is 49.1 Å². The zero-order chi connectivity index (χ0) is 18.9. The van der Waals surface area contributed by atoms with Gasteiger partial charge in [0.2, 0.25) is 12.2 Å². The zero-order valence-corrected chi connectivity index (χ0v) is 11.9. The number of hydrogen-bond acceptors (Lipinski definition) is 2. The van der Waals surface area contributed by atoms with E-state index in [0.717, 1.165) is 6.92 Å². The molecule has 0 aromatic heterocycles. The summed E-state index contributed by atoms with van der Waals surface area (Å²) in [5.74, 6) is 0. The normalized spacial score (nSPS) is 14.7. The molecular formula is C8H7AlF12O2. The predicted molar refractivity (Wildman–Crippen MR) is 50.2 cm³/mol. The lowest BCUT2D eigenvalue weighted by atomic mass is 10.3. The van der Waals surface area contributed by atoms with E-state index in [4.69, 9.17) is 0 Å². The van der Waals surface area contributed by atoms with Crippen molar-refractivity contribution in [3.8, 4) is 0 Å². The Labute approximate surface area is 125 Å². The van der Waals surface area contributed by atoms with E-state index < -0.39 is 57.0 Å². The van der Waals surface area contributed by atoms with Crippen LogP contribution in [0.25, 0.3) is 0 Å². The molecule has 0 amide bonds. The van der Waals surface area contributed by atoms with Crippen LogP contribution in [0.2, 0.25) is 5.28 Å². The van der Waals surface area contributed by atoms with E-state index in [1.165, 1.54) is 0 Å². The van der Waals surface area contributed by atoms with Crippen LogP contribution >= 0.6 is 0 Å². The van der Waals surface area contributed by atoms with E-state index >= 15 is 0 Å². The Kier molecular flexibility index (Phi) is 7.12. The molecule has 0 spiro atoms. The molecule has 0 bridgehead atoms. The minimum absolute atomic E-state index is 0.741. The molecular weight excluding hydrogens is 383 g/mol. The first-order valence-corrected chi connectivity index (χ1v) is 7.24. The van der Waals surface area contributed by atoms with Crippen molar-refractivity contribution in [2.75, 3.05) is 0 Å². The van der Waals surface area contributed by atoms with Crippen LogP contribution in [0.3, 0.4) is 0 Å². The SMILES string of the molecule is C[CH2][Al]([O]C(C(F)(F)F)C(F)(F)F)[O]C(C(F)(F)F)C(F)(F)F. The summed E-state index contributed by atoms with van der Waals surface area (Å²) in [5, 5.41) is -0.995. The molecule has 23 heavy (non-hydrogen) atoms. The minimum atomic E-state index is -6.08. The van der Waals surface area contributed by atoms with E-state index in [9.17, 15) is 52.7 Å². The monoisotopic (exact) mass is 390 g/mol. The lowest BCUT2D eigenvalue weighted by Gasteiger charge is -2.30. The van der Waals surface area contributed by atoms with Crippen LogP contribution < -0.4 is 0 Å². The first-order valence-electron chi connectivity index (χ1n) is 5.48. The molecule has 0 aliphatic heterocycles. The van der Waals surface area contributed by atoms with Crippen LogP contribution in [0.4, 0.5) is 52.7 Å². The maximum atomic E-state index is 12.2. The van der Waals surface area contributed by atoms with Crippen molar-refractivity contribution < 1.29 is 60.3 Å². The average molecular weight is 390 g/mol. The van der Waals surface area contributed by atoms with Gasteiger partial charge in [-0.15, -0.1) is 0 Å². The molecule has 0 N–H and O–H groups in total. The van der Waals surface area contributed by atoms with E-state index in [1.54, 1.807) is 0 Å². The molecule has 0 aromatic carbocycles. The zero-order valence-electron chi connectivity index (χ0n) is 10.8. The number of alkyl halides is 12. The molecule has 138 valence electrons. The fraction of sp³-hybridized carbons (Fsp3) is 1.00. The van der Waals surface area contributed by atoms with E-state index in [0.29, 0.717) is 0 Å². The fourth-order valence-electron chi connectivity index (χ4n) is 1.21. The first-order chi connectivity index (χ1) is 9.90. The predicted octanol–water partition coefficient (Wildman–Crippen LogP) is 4.51. The van der Waals surface area contributed by atoms with E-state index in [1.807, 2.05) is 0 Å². The molecule has 0 atom stereocenters. The third-order valence-corrected chi connectivity index (χ3v) is 3.92. The molecule has 0 aromatic rings. The van der Waals surface area contributed by atoms with Crippen LogP contribution in [-0.2, 0) is 7.58 Å². The lowest BCUT2D eigenvalue weighted by Crippen LogP contribution is -2.52. The van der Waals surface area contributed by atoms with Crippen LogP contribution in [0.15, 0.2) is 0 Å². The smallest absolute Gasteiger partial charge is 0.462 e. The molecule has 0 unspecified atom stereocenters. The van der Waals surface area contributed by atoms with E-state index in [2.05, 4.69) is 7.58 Å². The van der Waals surface area contributed by atoms with Gasteiger partial charge in [0.25, 0.3) is 0 Å². The summed E-state index contributed by atoms with van der Waals surface area (Å²) >= 11 is -4.61. The maximum Gasteiger partial charge on any atom is 0.675 e. The van der Waals surface area contributed by atoms with Gasteiger partial charge in [-0.2, -0.15) is 52.7 Å². The van der Waals surface area contributed by atoms with Gasteiger partial charge in [0, 0.05) is 0 Å². The molecule has 0 aliphatic carbocycles.